The number of hydrogen-bond acceptors (Lipinski definition) is 6. The quantitative estimate of drug-likeness (QED) is 0.168. The molecular formula is C45H54N4O3. The number of rotatable bonds is 7. The molecule has 0 saturated carbocycles. The fraction of sp³-hybridized carbons (Fsp3) is 0.356. The van der Waals surface area contributed by atoms with Crippen LogP contribution in [0.3, 0.4) is 0 Å². The molecule has 1 amide bonds. The molecule has 0 spiro atoms. The smallest absolute Gasteiger partial charge is 0.245 e. The van der Waals surface area contributed by atoms with Crippen molar-refractivity contribution in [3.05, 3.63) is 119 Å². The number of fused-ring (bicyclic) bond motifs is 2. The zero-order valence-corrected chi connectivity index (χ0v) is 28.7. The first-order valence-corrected chi connectivity index (χ1v) is 18.0. The third-order valence-electron chi connectivity index (χ3n) is 10.6. The molecule has 4 aromatic carbocycles. The van der Waals surface area contributed by atoms with Gasteiger partial charge in [0.2, 0.25) is 5.91 Å². The van der Waals surface area contributed by atoms with Gasteiger partial charge in [-0.15, -0.1) is 0 Å². The Hall–Kier alpha value is -5.01. The van der Waals surface area contributed by atoms with E-state index in [1.165, 1.54) is 63.4 Å². The molecule has 7 nitrogen and oxygen atoms in total. The second-order valence-corrected chi connectivity index (χ2v) is 14.0. The largest absolute Gasteiger partial charge is 0.508 e. The fourth-order valence-corrected chi connectivity index (χ4v) is 7.79. The first-order chi connectivity index (χ1) is 24.4. The van der Waals surface area contributed by atoms with Crippen molar-refractivity contribution < 1.29 is 15.0 Å². The van der Waals surface area contributed by atoms with Crippen molar-refractivity contribution in [3.8, 4) is 33.8 Å². The van der Waals surface area contributed by atoms with Crippen LogP contribution in [0.1, 0.15) is 73.9 Å². The van der Waals surface area contributed by atoms with Gasteiger partial charge in [-0.2, -0.15) is 0 Å². The number of nitrogens with one attached hydrogen (secondary N) is 1. The summed E-state index contributed by atoms with van der Waals surface area (Å²) in [4.78, 5) is 22.6. The minimum atomic E-state index is 0. The van der Waals surface area contributed by atoms with Crippen molar-refractivity contribution >= 4 is 18.3 Å². The third kappa shape index (κ3) is 8.88. The Balaban J connectivity index is 0.000000196. The number of carbonyl (C=O) groups excluding carboxylic acids is 1. The number of phenolic OH excluding ortho intramolecular Hbond substituents is 2. The maximum Gasteiger partial charge on any atom is 0.245 e. The zero-order valence-electron chi connectivity index (χ0n) is 28.7. The van der Waals surface area contributed by atoms with E-state index in [0.29, 0.717) is 11.7 Å². The lowest BCUT2D eigenvalue weighted by Crippen LogP contribution is -2.37. The normalized spacial score (nSPS) is 16.2. The number of phenols is 2. The Morgan fingerprint density at radius 1 is 0.692 bits per heavy atom. The number of aliphatic imine (C=N–C) groups is 2. The lowest BCUT2D eigenvalue weighted by molar-refractivity contribution is -0.127. The van der Waals surface area contributed by atoms with Crippen molar-refractivity contribution in [3.63, 3.8) is 0 Å². The average Bonchev–Trinajstić information content (AvgIpc) is 3.84. The molecule has 0 aromatic heterocycles. The molecule has 272 valence electrons. The molecule has 0 aliphatic carbocycles. The number of carbonyl (C=O) groups is 1. The van der Waals surface area contributed by atoms with Crippen LogP contribution in [-0.2, 0) is 30.7 Å². The summed E-state index contributed by atoms with van der Waals surface area (Å²) in [6.07, 6.45) is 12.2. The van der Waals surface area contributed by atoms with Crippen LogP contribution in [0.15, 0.2) is 95.4 Å². The van der Waals surface area contributed by atoms with Crippen LogP contribution in [-0.4, -0.2) is 59.6 Å². The van der Waals surface area contributed by atoms with Crippen molar-refractivity contribution in [2.24, 2.45) is 21.8 Å². The second-order valence-electron chi connectivity index (χ2n) is 14.0. The highest BCUT2D eigenvalue weighted by molar-refractivity contribution is 5.89. The molecule has 0 bridgehead atoms. The molecular weight excluding hydrogens is 645 g/mol. The number of nitrogens with zero attached hydrogens (tertiary/aromatic N) is 3. The molecule has 8 rings (SSSR count). The van der Waals surface area contributed by atoms with Crippen LogP contribution in [0.25, 0.3) is 22.3 Å². The maximum atomic E-state index is 11.8. The minimum absolute atomic E-state index is 0. The van der Waals surface area contributed by atoms with Crippen LogP contribution >= 0.6 is 0 Å². The van der Waals surface area contributed by atoms with Gasteiger partial charge in [-0.1, -0.05) is 57.8 Å². The van der Waals surface area contributed by atoms with Gasteiger partial charge in [0, 0.05) is 36.6 Å². The second kappa shape index (κ2) is 17.5. The van der Waals surface area contributed by atoms with E-state index in [2.05, 4.69) is 46.1 Å². The van der Waals surface area contributed by atoms with E-state index in [1.807, 2.05) is 41.6 Å². The predicted octanol–water partition coefficient (Wildman–Crippen LogP) is 8.76. The van der Waals surface area contributed by atoms with Crippen LogP contribution in [0.4, 0.5) is 0 Å². The van der Waals surface area contributed by atoms with E-state index >= 15 is 0 Å². The van der Waals surface area contributed by atoms with Gasteiger partial charge in [-0.05, 0) is 150 Å². The summed E-state index contributed by atoms with van der Waals surface area (Å²) in [7, 11) is 0. The van der Waals surface area contributed by atoms with E-state index in [1.54, 1.807) is 24.3 Å². The number of amides is 1. The molecule has 2 fully saturated rings. The van der Waals surface area contributed by atoms with Crippen molar-refractivity contribution in [2.45, 2.75) is 66.5 Å². The van der Waals surface area contributed by atoms with Gasteiger partial charge in [0.05, 0.1) is 13.1 Å². The van der Waals surface area contributed by atoms with E-state index in [4.69, 9.17) is 0 Å². The van der Waals surface area contributed by atoms with Crippen LogP contribution in [0.5, 0.6) is 11.5 Å². The molecule has 7 heteroatoms. The Kier molecular flexibility index (Phi) is 12.8. The lowest BCUT2D eigenvalue weighted by atomic mass is 9.86. The standard InChI is InChI=1S/C23H24N2O2.C20H22N2O.2CH4/c1-2-23(27)25-9-7-16(8-10-25)11-19-12-18(13-20-14-24-15-22(19)20)17-3-5-21(26)6-4-17;23-19-3-1-15(2-4-19)16-10-17(9-14-5-7-21-8-6-14)20-13-22-12-18(20)11-16;;/h2-6,12-13,15-16,26H,1,7-11,14H2;1-4,10-11,13-14,21,23H,5-9,12H2;2*1H4. The van der Waals surface area contributed by atoms with Crippen LogP contribution in [0.2, 0.25) is 0 Å². The van der Waals surface area contributed by atoms with E-state index in [9.17, 15) is 15.0 Å². The van der Waals surface area contributed by atoms with Gasteiger partial charge in [0.15, 0.2) is 0 Å². The fourth-order valence-electron chi connectivity index (χ4n) is 7.79. The zero-order chi connectivity index (χ0) is 34.5. The first kappa shape index (κ1) is 38.2. The maximum absolute atomic E-state index is 11.8. The van der Waals surface area contributed by atoms with Crippen molar-refractivity contribution in [1.82, 2.24) is 10.2 Å². The molecule has 0 atom stereocenters. The minimum Gasteiger partial charge on any atom is -0.508 e. The summed E-state index contributed by atoms with van der Waals surface area (Å²) < 4.78 is 0. The number of hydrogen-bond donors (Lipinski definition) is 3. The Labute approximate surface area is 309 Å². The topological polar surface area (TPSA) is 97.5 Å². The van der Waals surface area contributed by atoms with Crippen molar-refractivity contribution in [1.29, 1.82) is 0 Å². The van der Waals surface area contributed by atoms with Gasteiger partial charge in [-0.25, -0.2) is 0 Å². The van der Waals surface area contributed by atoms with E-state index in [0.717, 1.165) is 82.0 Å². The highest BCUT2D eigenvalue weighted by Gasteiger charge is 2.24. The molecule has 3 N–H and O–H groups in total. The molecule has 4 aromatic rings. The third-order valence-corrected chi connectivity index (χ3v) is 10.6. The molecule has 4 heterocycles. The molecule has 2 saturated heterocycles. The SMILES string of the molecule is C.C.C=CC(=O)N1CCC(Cc2cc(-c3ccc(O)cc3)cc3c2C=NC3)CC1.Oc1ccc(-c2cc3c(c(CC4CCNCC4)c2)C=NC3)cc1. The number of aromatic hydroxyl groups is 2. The Morgan fingerprint density at radius 3 is 1.58 bits per heavy atom. The summed E-state index contributed by atoms with van der Waals surface area (Å²) in [6, 6.07) is 23.9. The summed E-state index contributed by atoms with van der Waals surface area (Å²) in [5.74, 6) is 1.98. The molecule has 4 aliphatic heterocycles. The summed E-state index contributed by atoms with van der Waals surface area (Å²) in [6.45, 7) is 9.01. The predicted molar refractivity (Wildman–Crippen MR) is 216 cm³/mol. The van der Waals surface area contributed by atoms with Crippen molar-refractivity contribution in [2.75, 3.05) is 26.2 Å². The molecule has 52 heavy (non-hydrogen) atoms. The summed E-state index contributed by atoms with van der Waals surface area (Å²) in [5, 5.41) is 22.5. The van der Waals surface area contributed by atoms with Crippen LogP contribution in [0, 0.1) is 11.8 Å². The van der Waals surface area contributed by atoms with Crippen LogP contribution < -0.4 is 5.32 Å². The summed E-state index contributed by atoms with van der Waals surface area (Å²) >= 11 is 0. The van der Waals surface area contributed by atoms with E-state index in [-0.39, 0.29) is 26.5 Å². The summed E-state index contributed by atoms with van der Waals surface area (Å²) in [5.41, 5.74) is 12.7. The average molecular weight is 699 g/mol. The van der Waals surface area contributed by atoms with Gasteiger partial charge < -0.3 is 20.4 Å². The van der Waals surface area contributed by atoms with Gasteiger partial charge in [0.25, 0.3) is 0 Å². The lowest BCUT2D eigenvalue weighted by Gasteiger charge is -2.31. The number of piperidine rings is 2. The molecule has 0 unspecified atom stereocenters. The van der Waals surface area contributed by atoms with Gasteiger partial charge in [0.1, 0.15) is 11.5 Å². The number of likely N-dealkylation sites (tertiary alicyclic amines) is 1. The Morgan fingerprint density at radius 2 is 1.13 bits per heavy atom. The van der Waals surface area contributed by atoms with E-state index < -0.39 is 0 Å². The highest BCUT2D eigenvalue weighted by Crippen LogP contribution is 2.33. The van der Waals surface area contributed by atoms with Gasteiger partial charge >= 0.3 is 0 Å². The number of benzene rings is 4. The monoisotopic (exact) mass is 698 g/mol. The highest BCUT2D eigenvalue weighted by atomic mass is 16.3. The Bertz CT molecular complexity index is 1900. The van der Waals surface area contributed by atoms with Gasteiger partial charge in [-0.3, -0.25) is 14.8 Å². The molecule has 4 aliphatic rings. The first-order valence-electron chi connectivity index (χ1n) is 18.0. The molecule has 0 radical (unpaired) electrons.